The standard InChI is InChI=1S/C10H12Cl2N2S2/c1-14-10(13)16-5-4-15-9-6-7(11)2-3-8(9)12/h2-3,6H,4-5H2,1H3,(H2,13,14). The largest absolute Gasteiger partial charge is 0.379 e. The van der Waals surface area contributed by atoms with Crippen LogP contribution in [0.3, 0.4) is 0 Å². The molecule has 0 aliphatic carbocycles. The van der Waals surface area contributed by atoms with Gasteiger partial charge in [0.05, 0.1) is 5.02 Å². The first-order chi connectivity index (χ1) is 7.63. The van der Waals surface area contributed by atoms with Gasteiger partial charge in [-0.05, 0) is 18.2 Å². The number of amidine groups is 1. The van der Waals surface area contributed by atoms with Crippen molar-refractivity contribution in [3.05, 3.63) is 28.2 Å². The number of rotatable bonds is 4. The molecule has 1 aromatic rings. The molecule has 6 heteroatoms. The fraction of sp³-hybridized carbons (Fsp3) is 0.300. The van der Waals surface area contributed by atoms with E-state index >= 15 is 0 Å². The van der Waals surface area contributed by atoms with Crippen molar-refractivity contribution in [3.63, 3.8) is 0 Å². The highest BCUT2D eigenvalue weighted by Crippen LogP contribution is 2.30. The molecular weight excluding hydrogens is 283 g/mol. The second-order valence-electron chi connectivity index (χ2n) is 2.83. The van der Waals surface area contributed by atoms with Gasteiger partial charge in [-0.15, -0.1) is 11.8 Å². The fourth-order valence-electron chi connectivity index (χ4n) is 0.950. The summed E-state index contributed by atoms with van der Waals surface area (Å²) in [6.45, 7) is 0. The zero-order chi connectivity index (χ0) is 12.0. The lowest BCUT2D eigenvalue weighted by Crippen LogP contribution is -2.07. The zero-order valence-electron chi connectivity index (χ0n) is 8.74. The molecule has 0 bridgehead atoms. The summed E-state index contributed by atoms with van der Waals surface area (Å²) in [4.78, 5) is 4.87. The molecule has 0 saturated carbocycles. The number of nitrogens with zero attached hydrogens (tertiary/aromatic N) is 1. The molecule has 0 aliphatic rings. The minimum atomic E-state index is 0.609. The van der Waals surface area contributed by atoms with E-state index in [0.29, 0.717) is 10.2 Å². The summed E-state index contributed by atoms with van der Waals surface area (Å²) in [6.07, 6.45) is 0. The first-order valence-corrected chi connectivity index (χ1v) is 7.29. The molecule has 16 heavy (non-hydrogen) atoms. The lowest BCUT2D eigenvalue weighted by Gasteiger charge is -2.04. The van der Waals surface area contributed by atoms with Gasteiger partial charge in [-0.3, -0.25) is 4.99 Å². The van der Waals surface area contributed by atoms with Crippen molar-refractivity contribution in [1.82, 2.24) is 0 Å². The van der Waals surface area contributed by atoms with E-state index in [0.717, 1.165) is 21.4 Å². The Morgan fingerprint density at radius 3 is 2.81 bits per heavy atom. The van der Waals surface area contributed by atoms with Crippen LogP contribution in [-0.4, -0.2) is 23.7 Å². The molecule has 0 aromatic heterocycles. The lowest BCUT2D eigenvalue weighted by atomic mass is 10.4. The Bertz CT molecular complexity index is 383. The van der Waals surface area contributed by atoms with Gasteiger partial charge in [-0.25, -0.2) is 0 Å². The molecule has 0 fully saturated rings. The Morgan fingerprint density at radius 1 is 1.38 bits per heavy atom. The molecule has 2 nitrogen and oxygen atoms in total. The summed E-state index contributed by atoms with van der Waals surface area (Å²) in [5.41, 5.74) is 5.56. The average Bonchev–Trinajstić information content (AvgIpc) is 2.28. The number of thioether (sulfide) groups is 2. The summed E-state index contributed by atoms with van der Waals surface area (Å²) in [5, 5.41) is 2.04. The van der Waals surface area contributed by atoms with Crippen molar-refractivity contribution < 1.29 is 0 Å². The highest BCUT2D eigenvalue weighted by atomic mass is 35.5. The van der Waals surface area contributed by atoms with Gasteiger partial charge >= 0.3 is 0 Å². The zero-order valence-corrected chi connectivity index (χ0v) is 11.9. The third kappa shape index (κ3) is 4.87. The summed E-state index contributed by atoms with van der Waals surface area (Å²) < 4.78 is 0. The van der Waals surface area contributed by atoms with E-state index in [2.05, 4.69) is 4.99 Å². The van der Waals surface area contributed by atoms with Gasteiger partial charge in [0.25, 0.3) is 0 Å². The van der Waals surface area contributed by atoms with Crippen LogP contribution in [0.5, 0.6) is 0 Å². The first kappa shape index (κ1) is 14.0. The highest BCUT2D eigenvalue weighted by molar-refractivity contribution is 8.14. The number of halogens is 2. The minimum absolute atomic E-state index is 0.609. The Hall–Kier alpha value is -0.0300. The molecule has 0 amide bonds. The maximum atomic E-state index is 6.03. The van der Waals surface area contributed by atoms with Crippen LogP contribution in [0.1, 0.15) is 0 Å². The molecule has 0 heterocycles. The summed E-state index contributed by atoms with van der Waals surface area (Å²) in [6, 6.07) is 5.46. The van der Waals surface area contributed by atoms with Gasteiger partial charge in [-0.1, -0.05) is 35.0 Å². The molecule has 1 aromatic carbocycles. The normalized spacial score (nSPS) is 11.8. The molecule has 1 rings (SSSR count). The maximum Gasteiger partial charge on any atom is 0.153 e. The van der Waals surface area contributed by atoms with E-state index in [1.165, 1.54) is 11.8 Å². The second kappa shape index (κ2) is 7.33. The van der Waals surface area contributed by atoms with Crippen LogP contribution in [0.4, 0.5) is 0 Å². The topological polar surface area (TPSA) is 38.4 Å². The number of aliphatic imine (C=N–C) groups is 1. The number of hydrogen-bond acceptors (Lipinski definition) is 3. The molecule has 2 N–H and O–H groups in total. The van der Waals surface area contributed by atoms with E-state index in [4.69, 9.17) is 28.9 Å². The molecule has 0 saturated heterocycles. The Labute approximate surface area is 114 Å². The van der Waals surface area contributed by atoms with Gasteiger partial charge in [0.2, 0.25) is 0 Å². The molecule has 88 valence electrons. The van der Waals surface area contributed by atoms with Crippen LogP contribution in [-0.2, 0) is 0 Å². The van der Waals surface area contributed by atoms with Gasteiger partial charge in [0, 0.05) is 28.5 Å². The van der Waals surface area contributed by atoms with E-state index in [1.807, 2.05) is 6.07 Å². The van der Waals surface area contributed by atoms with Crippen molar-refractivity contribution in [3.8, 4) is 0 Å². The Kier molecular flexibility index (Phi) is 6.43. The van der Waals surface area contributed by atoms with Gasteiger partial charge in [0.1, 0.15) is 0 Å². The van der Waals surface area contributed by atoms with Crippen LogP contribution < -0.4 is 5.73 Å². The van der Waals surface area contributed by atoms with Crippen molar-refractivity contribution >= 4 is 51.9 Å². The summed E-state index contributed by atoms with van der Waals surface area (Å²) in [7, 11) is 1.68. The van der Waals surface area contributed by atoms with Gasteiger partial charge in [-0.2, -0.15) is 0 Å². The van der Waals surface area contributed by atoms with E-state index in [9.17, 15) is 0 Å². The third-order valence-electron chi connectivity index (χ3n) is 1.70. The first-order valence-electron chi connectivity index (χ1n) is 4.56. The quantitative estimate of drug-likeness (QED) is 0.398. The van der Waals surface area contributed by atoms with Crippen LogP contribution in [0.15, 0.2) is 28.1 Å². The van der Waals surface area contributed by atoms with Gasteiger partial charge < -0.3 is 5.73 Å². The average molecular weight is 295 g/mol. The van der Waals surface area contributed by atoms with Gasteiger partial charge in [0.15, 0.2) is 5.17 Å². The van der Waals surface area contributed by atoms with Crippen LogP contribution in [0.25, 0.3) is 0 Å². The summed E-state index contributed by atoms with van der Waals surface area (Å²) >= 11 is 15.1. The number of nitrogens with two attached hydrogens (primary N) is 1. The SMILES string of the molecule is CN=C(N)SCCSc1cc(Cl)ccc1Cl. The van der Waals surface area contributed by atoms with Crippen molar-refractivity contribution in [2.45, 2.75) is 4.90 Å². The van der Waals surface area contributed by atoms with Crippen molar-refractivity contribution in [2.75, 3.05) is 18.6 Å². The lowest BCUT2D eigenvalue weighted by molar-refractivity contribution is 1.42. The monoisotopic (exact) mass is 294 g/mol. The van der Waals surface area contributed by atoms with Crippen LogP contribution in [0, 0.1) is 0 Å². The Morgan fingerprint density at radius 2 is 2.12 bits per heavy atom. The predicted molar refractivity (Wildman–Crippen MR) is 77.2 cm³/mol. The highest BCUT2D eigenvalue weighted by Gasteiger charge is 2.02. The van der Waals surface area contributed by atoms with E-state index in [-0.39, 0.29) is 0 Å². The van der Waals surface area contributed by atoms with Crippen LogP contribution >= 0.6 is 46.7 Å². The van der Waals surface area contributed by atoms with Crippen LogP contribution in [0.2, 0.25) is 10.0 Å². The van der Waals surface area contributed by atoms with Crippen molar-refractivity contribution in [1.29, 1.82) is 0 Å². The predicted octanol–water partition coefficient (Wildman–Crippen LogP) is 3.76. The summed E-state index contributed by atoms with van der Waals surface area (Å²) in [5.74, 6) is 1.82. The molecular formula is C10H12Cl2N2S2. The minimum Gasteiger partial charge on any atom is -0.379 e. The molecule has 0 radical (unpaired) electrons. The second-order valence-corrected chi connectivity index (χ2v) is 5.93. The smallest absolute Gasteiger partial charge is 0.153 e. The molecule has 0 unspecified atom stereocenters. The van der Waals surface area contributed by atoms with E-state index in [1.54, 1.807) is 30.9 Å². The van der Waals surface area contributed by atoms with E-state index < -0.39 is 0 Å². The number of benzene rings is 1. The molecule has 0 spiro atoms. The fourth-order valence-corrected chi connectivity index (χ4v) is 3.11. The Balaban J connectivity index is 2.40. The van der Waals surface area contributed by atoms with Crippen molar-refractivity contribution in [2.24, 2.45) is 10.7 Å². The molecule has 0 aliphatic heterocycles. The third-order valence-corrected chi connectivity index (χ3v) is 4.58. The maximum absolute atomic E-state index is 6.03. The molecule has 0 atom stereocenters. The number of hydrogen-bond donors (Lipinski definition) is 1.